The third kappa shape index (κ3) is 8.79. The number of aliphatic imine (C=N–C) groups is 1. The summed E-state index contributed by atoms with van der Waals surface area (Å²) in [6.07, 6.45) is 3.05. The number of halogens is 1. The minimum absolute atomic E-state index is 0. The van der Waals surface area contributed by atoms with Crippen molar-refractivity contribution in [2.24, 2.45) is 4.99 Å². The number of carbonyl (C=O) groups is 1. The lowest BCUT2D eigenvalue weighted by molar-refractivity contribution is -0.122. The SMILES string of the molecule is CCCNC(=O)CN1CCC(NC(=NC)NCC2CN(C)CCN2C)CC1.I. The fourth-order valence-electron chi connectivity index (χ4n) is 3.68. The average Bonchev–Trinajstić information content (AvgIpc) is 2.67. The Morgan fingerprint density at radius 2 is 1.82 bits per heavy atom. The number of likely N-dealkylation sites (tertiary alicyclic amines) is 1. The van der Waals surface area contributed by atoms with Crippen LogP contribution < -0.4 is 16.0 Å². The van der Waals surface area contributed by atoms with Crippen molar-refractivity contribution in [2.75, 3.05) is 73.5 Å². The largest absolute Gasteiger partial charge is 0.355 e. The molecular weight excluding hydrogens is 469 g/mol. The first kappa shape index (κ1) is 25.4. The van der Waals surface area contributed by atoms with Crippen molar-refractivity contribution in [1.82, 2.24) is 30.7 Å². The summed E-state index contributed by atoms with van der Waals surface area (Å²) >= 11 is 0. The van der Waals surface area contributed by atoms with Gasteiger partial charge >= 0.3 is 0 Å². The van der Waals surface area contributed by atoms with E-state index < -0.39 is 0 Å². The summed E-state index contributed by atoms with van der Waals surface area (Å²) in [5.74, 6) is 1.03. The van der Waals surface area contributed by atoms with E-state index in [2.05, 4.69) is 56.7 Å². The molecular formula is C19H40IN7O. The highest BCUT2D eigenvalue weighted by atomic mass is 127. The Bertz CT molecular complexity index is 483. The third-order valence-electron chi connectivity index (χ3n) is 5.58. The quantitative estimate of drug-likeness (QED) is 0.255. The first-order valence-electron chi connectivity index (χ1n) is 10.4. The van der Waals surface area contributed by atoms with Crippen LogP contribution in [0.4, 0.5) is 0 Å². The first-order chi connectivity index (χ1) is 13.0. The Hall–Kier alpha value is -0.650. The van der Waals surface area contributed by atoms with Gasteiger partial charge in [-0.05, 0) is 33.4 Å². The topological polar surface area (TPSA) is 75.2 Å². The molecule has 9 heteroatoms. The zero-order valence-corrected chi connectivity index (χ0v) is 20.4. The van der Waals surface area contributed by atoms with Crippen LogP contribution in [-0.2, 0) is 4.79 Å². The van der Waals surface area contributed by atoms with Crippen molar-refractivity contribution < 1.29 is 4.79 Å². The number of guanidine groups is 1. The molecule has 3 N–H and O–H groups in total. The van der Waals surface area contributed by atoms with Crippen LogP contribution in [0, 0.1) is 0 Å². The van der Waals surface area contributed by atoms with Gasteiger partial charge < -0.3 is 20.9 Å². The fourth-order valence-corrected chi connectivity index (χ4v) is 3.68. The van der Waals surface area contributed by atoms with Crippen molar-refractivity contribution in [1.29, 1.82) is 0 Å². The summed E-state index contributed by atoms with van der Waals surface area (Å²) in [5.41, 5.74) is 0. The Morgan fingerprint density at radius 3 is 2.46 bits per heavy atom. The average molecular weight is 509 g/mol. The molecule has 2 rings (SSSR count). The molecule has 0 aromatic rings. The van der Waals surface area contributed by atoms with Crippen LogP contribution in [0.1, 0.15) is 26.2 Å². The highest BCUT2D eigenvalue weighted by Crippen LogP contribution is 2.10. The van der Waals surface area contributed by atoms with Crippen LogP contribution in [0.5, 0.6) is 0 Å². The minimum Gasteiger partial charge on any atom is -0.355 e. The Balaban J connectivity index is 0.00000392. The predicted octanol–water partition coefficient (Wildman–Crippen LogP) is 0.00580. The molecule has 2 saturated heterocycles. The molecule has 1 amide bonds. The molecule has 28 heavy (non-hydrogen) atoms. The van der Waals surface area contributed by atoms with Crippen molar-refractivity contribution in [3.8, 4) is 0 Å². The number of piperazine rings is 1. The van der Waals surface area contributed by atoms with E-state index in [1.807, 2.05) is 7.05 Å². The highest BCUT2D eigenvalue weighted by Gasteiger charge is 2.24. The maximum atomic E-state index is 11.9. The maximum absolute atomic E-state index is 11.9. The molecule has 2 heterocycles. The van der Waals surface area contributed by atoms with Gasteiger partial charge in [0, 0.05) is 64.9 Å². The number of hydrogen-bond donors (Lipinski definition) is 3. The van der Waals surface area contributed by atoms with Crippen LogP contribution in [0.3, 0.4) is 0 Å². The van der Waals surface area contributed by atoms with Gasteiger partial charge in [0.25, 0.3) is 0 Å². The van der Waals surface area contributed by atoms with Gasteiger partial charge in [-0.15, -0.1) is 24.0 Å². The van der Waals surface area contributed by atoms with Crippen molar-refractivity contribution in [3.63, 3.8) is 0 Å². The second kappa shape index (κ2) is 13.6. The molecule has 2 fully saturated rings. The second-order valence-corrected chi connectivity index (χ2v) is 7.89. The monoisotopic (exact) mass is 509 g/mol. The normalized spacial score (nSPS) is 23.1. The van der Waals surface area contributed by atoms with Crippen molar-refractivity contribution in [2.45, 2.75) is 38.3 Å². The molecule has 2 aliphatic rings. The van der Waals surface area contributed by atoms with Crippen molar-refractivity contribution >= 4 is 35.8 Å². The van der Waals surface area contributed by atoms with Gasteiger partial charge in [-0.3, -0.25) is 19.6 Å². The van der Waals surface area contributed by atoms with Crippen LogP contribution in [-0.4, -0.2) is 112 Å². The summed E-state index contributed by atoms with van der Waals surface area (Å²) in [5, 5.41) is 10.0. The number of nitrogens with zero attached hydrogens (tertiary/aromatic N) is 4. The number of piperidine rings is 1. The summed E-state index contributed by atoms with van der Waals surface area (Å²) in [4.78, 5) is 23.3. The van der Waals surface area contributed by atoms with E-state index in [-0.39, 0.29) is 29.9 Å². The van der Waals surface area contributed by atoms with Crippen LogP contribution in [0.25, 0.3) is 0 Å². The molecule has 8 nitrogen and oxygen atoms in total. The van der Waals surface area contributed by atoms with E-state index in [0.29, 0.717) is 18.6 Å². The maximum Gasteiger partial charge on any atom is 0.234 e. The molecule has 0 aromatic carbocycles. The van der Waals surface area contributed by atoms with Crippen LogP contribution in [0.2, 0.25) is 0 Å². The predicted molar refractivity (Wildman–Crippen MR) is 127 cm³/mol. The molecule has 2 aliphatic heterocycles. The summed E-state index contributed by atoms with van der Waals surface area (Å²) in [6.45, 7) is 9.48. The Kier molecular flexibility index (Phi) is 12.3. The van der Waals surface area contributed by atoms with E-state index >= 15 is 0 Å². The van der Waals surface area contributed by atoms with E-state index in [1.165, 1.54) is 0 Å². The first-order valence-corrected chi connectivity index (χ1v) is 10.4. The number of amides is 1. The van der Waals surface area contributed by atoms with E-state index in [4.69, 9.17) is 0 Å². The third-order valence-corrected chi connectivity index (χ3v) is 5.58. The summed E-state index contributed by atoms with van der Waals surface area (Å²) in [6, 6.07) is 0.920. The Labute approximate surface area is 187 Å². The minimum atomic E-state index is 0. The molecule has 0 radical (unpaired) electrons. The second-order valence-electron chi connectivity index (χ2n) is 7.89. The molecule has 0 aromatic heterocycles. The molecule has 164 valence electrons. The van der Waals surface area contributed by atoms with Gasteiger partial charge in [-0.25, -0.2) is 0 Å². The molecule has 0 spiro atoms. The standard InChI is InChI=1S/C19H39N7O.HI/c1-5-8-21-18(27)15-26-9-6-16(7-10-26)23-19(20-2)22-13-17-14-24(3)11-12-25(17)4;/h16-17H,5-15H2,1-4H3,(H,21,27)(H2,20,22,23);1H. The summed E-state index contributed by atoms with van der Waals surface area (Å²) < 4.78 is 0. The van der Waals surface area contributed by atoms with Crippen LogP contribution in [0.15, 0.2) is 4.99 Å². The molecule has 0 aliphatic carbocycles. The molecule has 0 saturated carbocycles. The lowest BCUT2D eigenvalue weighted by Crippen LogP contribution is -2.56. The Morgan fingerprint density at radius 1 is 1.11 bits per heavy atom. The van der Waals surface area contributed by atoms with Gasteiger partial charge in [0.1, 0.15) is 0 Å². The number of carbonyl (C=O) groups excluding carboxylic acids is 1. The van der Waals surface area contributed by atoms with Gasteiger partial charge in [-0.2, -0.15) is 0 Å². The van der Waals surface area contributed by atoms with Crippen LogP contribution >= 0.6 is 24.0 Å². The lowest BCUT2D eigenvalue weighted by Gasteiger charge is -2.38. The zero-order chi connectivity index (χ0) is 19.6. The van der Waals surface area contributed by atoms with E-state index in [1.54, 1.807) is 0 Å². The number of nitrogens with one attached hydrogen (secondary N) is 3. The van der Waals surface area contributed by atoms with Crippen molar-refractivity contribution in [3.05, 3.63) is 0 Å². The highest BCUT2D eigenvalue weighted by molar-refractivity contribution is 14.0. The molecule has 0 bridgehead atoms. The van der Waals surface area contributed by atoms with Gasteiger partial charge in [0.15, 0.2) is 5.96 Å². The van der Waals surface area contributed by atoms with Gasteiger partial charge in [0.2, 0.25) is 5.91 Å². The fraction of sp³-hybridized carbons (Fsp3) is 0.895. The van der Waals surface area contributed by atoms with E-state index in [0.717, 1.165) is 71.0 Å². The lowest BCUT2D eigenvalue weighted by atomic mass is 10.1. The molecule has 1 atom stereocenters. The molecule has 1 unspecified atom stereocenters. The zero-order valence-electron chi connectivity index (χ0n) is 18.0. The number of rotatable bonds is 7. The van der Waals surface area contributed by atoms with E-state index in [9.17, 15) is 4.79 Å². The van der Waals surface area contributed by atoms with Gasteiger partial charge in [-0.1, -0.05) is 6.92 Å². The smallest absolute Gasteiger partial charge is 0.234 e. The number of hydrogen-bond acceptors (Lipinski definition) is 5. The van der Waals surface area contributed by atoms with Gasteiger partial charge in [0.05, 0.1) is 6.54 Å². The number of likely N-dealkylation sites (N-methyl/N-ethyl adjacent to an activating group) is 2. The summed E-state index contributed by atoms with van der Waals surface area (Å²) in [7, 11) is 6.21.